The highest BCUT2D eigenvalue weighted by atomic mass is 16.5. The van der Waals surface area contributed by atoms with Gasteiger partial charge in [-0.05, 0) is 24.3 Å². The van der Waals surface area contributed by atoms with Gasteiger partial charge in [-0.2, -0.15) is 5.10 Å². The maximum absolute atomic E-state index is 12.2. The largest absolute Gasteiger partial charge is 0.495 e. The normalized spacial score (nSPS) is 10.8. The lowest BCUT2D eigenvalue weighted by molar-refractivity contribution is 0.0955. The van der Waals surface area contributed by atoms with Crippen LogP contribution in [0, 0.1) is 0 Å². The van der Waals surface area contributed by atoms with Crippen molar-refractivity contribution in [3.8, 4) is 17.3 Å². The molecule has 0 bridgehead atoms. The van der Waals surface area contributed by atoms with Crippen LogP contribution in [0.5, 0.6) is 11.6 Å². The standard InChI is InChI=1S/C19H16N4O5/c1-28-15-10-6-5-9-14(15)23-18(26)13(17(25)21-19(23)27)11-20-22-16(24)12-7-3-2-4-8-12/h2-11,26H,1H3,(H,22,24)(H,21,25,27)/b20-11+. The first-order valence-corrected chi connectivity index (χ1v) is 8.13. The third-order valence-corrected chi connectivity index (χ3v) is 3.84. The van der Waals surface area contributed by atoms with Gasteiger partial charge < -0.3 is 9.84 Å². The molecule has 3 N–H and O–H groups in total. The summed E-state index contributed by atoms with van der Waals surface area (Å²) >= 11 is 0. The molecule has 0 aliphatic rings. The topological polar surface area (TPSA) is 126 Å². The van der Waals surface area contributed by atoms with Gasteiger partial charge in [0.05, 0.1) is 19.0 Å². The van der Waals surface area contributed by atoms with E-state index in [0.717, 1.165) is 10.8 Å². The zero-order valence-electron chi connectivity index (χ0n) is 14.7. The van der Waals surface area contributed by atoms with Gasteiger partial charge >= 0.3 is 5.69 Å². The SMILES string of the molecule is COc1ccccc1-n1c(O)c(/C=N/NC(=O)c2ccccc2)c(=O)[nH]c1=O. The molecule has 9 heteroatoms. The number of hydrogen-bond donors (Lipinski definition) is 3. The fraction of sp³-hybridized carbons (Fsp3) is 0.0526. The number of aromatic amines is 1. The number of carbonyl (C=O) groups excluding carboxylic acids is 1. The second kappa shape index (κ2) is 8.04. The van der Waals surface area contributed by atoms with Crippen molar-refractivity contribution in [3.63, 3.8) is 0 Å². The number of methoxy groups -OCH3 is 1. The number of rotatable bonds is 5. The van der Waals surface area contributed by atoms with Crippen molar-refractivity contribution in [2.45, 2.75) is 0 Å². The Morgan fingerprint density at radius 1 is 1.14 bits per heavy atom. The van der Waals surface area contributed by atoms with Crippen molar-refractivity contribution in [2.24, 2.45) is 5.10 Å². The molecule has 0 spiro atoms. The second-order valence-corrected chi connectivity index (χ2v) is 5.57. The molecule has 0 fully saturated rings. The monoisotopic (exact) mass is 380 g/mol. The van der Waals surface area contributed by atoms with E-state index < -0.39 is 23.0 Å². The number of para-hydroxylation sites is 2. The van der Waals surface area contributed by atoms with Crippen molar-refractivity contribution >= 4 is 12.1 Å². The summed E-state index contributed by atoms with van der Waals surface area (Å²) in [5, 5.41) is 14.2. The van der Waals surface area contributed by atoms with Crippen molar-refractivity contribution in [1.29, 1.82) is 0 Å². The number of ether oxygens (including phenoxy) is 1. The van der Waals surface area contributed by atoms with Crippen LogP contribution < -0.4 is 21.4 Å². The molecule has 0 atom stereocenters. The van der Waals surface area contributed by atoms with E-state index in [1.54, 1.807) is 48.5 Å². The first-order valence-electron chi connectivity index (χ1n) is 8.13. The number of H-pyrrole nitrogens is 1. The summed E-state index contributed by atoms with van der Waals surface area (Å²) in [6.45, 7) is 0. The zero-order chi connectivity index (χ0) is 20.1. The van der Waals surface area contributed by atoms with E-state index in [-0.39, 0.29) is 11.3 Å². The summed E-state index contributed by atoms with van der Waals surface area (Å²) in [6, 6.07) is 14.8. The first-order chi connectivity index (χ1) is 13.5. The van der Waals surface area contributed by atoms with Crippen molar-refractivity contribution < 1.29 is 14.6 Å². The number of aromatic nitrogens is 2. The smallest absolute Gasteiger partial charge is 0.335 e. The van der Waals surface area contributed by atoms with E-state index in [1.165, 1.54) is 13.2 Å². The van der Waals surface area contributed by atoms with Gasteiger partial charge in [0.15, 0.2) is 0 Å². The number of amides is 1. The fourth-order valence-corrected chi connectivity index (χ4v) is 2.50. The van der Waals surface area contributed by atoms with Gasteiger partial charge in [0.25, 0.3) is 11.5 Å². The zero-order valence-corrected chi connectivity index (χ0v) is 14.7. The van der Waals surface area contributed by atoms with Crippen LogP contribution in [0.25, 0.3) is 5.69 Å². The van der Waals surface area contributed by atoms with E-state index in [4.69, 9.17) is 4.74 Å². The molecule has 0 saturated carbocycles. The third kappa shape index (κ3) is 3.68. The maximum atomic E-state index is 12.2. The lowest BCUT2D eigenvalue weighted by Crippen LogP contribution is -2.31. The summed E-state index contributed by atoms with van der Waals surface area (Å²) in [7, 11) is 1.41. The van der Waals surface area contributed by atoms with E-state index in [0.29, 0.717) is 11.3 Å². The molecular weight excluding hydrogens is 364 g/mol. The fourth-order valence-electron chi connectivity index (χ4n) is 2.50. The van der Waals surface area contributed by atoms with Crippen molar-refractivity contribution in [3.05, 3.63) is 86.6 Å². The van der Waals surface area contributed by atoms with Crippen LogP contribution in [-0.2, 0) is 0 Å². The molecule has 9 nitrogen and oxygen atoms in total. The number of benzene rings is 2. The molecular formula is C19H16N4O5. The van der Waals surface area contributed by atoms with Crippen LogP contribution in [0.4, 0.5) is 0 Å². The van der Waals surface area contributed by atoms with Gasteiger partial charge in [0.2, 0.25) is 5.88 Å². The molecule has 1 amide bonds. The van der Waals surface area contributed by atoms with Crippen LogP contribution in [0.2, 0.25) is 0 Å². The van der Waals surface area contributed by atoms with E-state index in [2.05, 4.69) is 15.5 Å². The predicted octanol–water partition coefficient (Wildman–Crippen LogP) is 1.00. The number of carbonyl (C=O) groups is 1. The van der Waals surface area contributed by atoms with Crippen LogP contribution in [0.3, 0.4) is 0 Å². The number of hydrazone groups is 1. The molecule has 3 rings (SSSR count). The van der Waals surface area contributed by atoms with Gasteiger partial charge in [-0.3, -0.25) is 14.6 Å². The lowest BCUT2D eigenvalue weighted by atomic mass is 10.2. The summed E-state index contributed by atoms with van der Waals surface area (Å²) < 4.78 is 6.06. The van der Waals surface area contributed by atoms with E-state index >= 15 is 0 Å². The molecule has 2 aromatic carbocycles. The quantitative estimate of drug-likeness (QED) is 0.450. The highest BCUT2D eigenvalue weighted by Crippen LogP contribution is 2.24. The number of nitrogens with one attached hydrogen (secondary N) is 2. The molecule has 1 heterocycles. The average Bonchev–Trinajstić information content (AvgIpc) is 2.71. The molecule has 3 aromatic rings. The third-order valence-electron chi connectivity index (χ3n) is 3.84. The minimum absolute atomic E-state index is 0.228. The van der Waals surface area contributed by atoms with E-state index in [9.17, 15) is 19.5 Å². The Morgan fingerprint density at radius 2 is 1.82 bits per heavy atom. The molecule has 0 saturated heterocycles. The highest BCUT2D eigenvalue weighted by molar-refractivity contribution is 5.94. The Hall–Kier alpha value is -4.14. The van der Waals surface area contributed by atoms with Gasteiger partial charge in [-0.1, -0.05) is 30.3 Å². The van der Waals surface area contributed by atoms with Crippen molar-refractivity contribution in [2.75, 3.05) is 7.11 Å². The number of nitrogens with zero attached hydrogens (tertiary/aromatic N) is 2. The van der Waals surface area contributed by atoms with Gasteiger partial charge in [0.1, 0.15) is 11.3 Å². The molecule has 0 aliphatic carbocycles. The summed E-state index contributed by atoms with van der Waals surface area (Å²) in [6.07, 6.45) is 0.959. The Balaban J connectivity index is 1.97. The minimum Gasteiger partial charge on any atom is -0.495 e. The second-order valence-electron chi connectivity index (χ2n) is 5.57. The van der Waals surface area contributed by atoms with Crippen LogP contribution in [-0.4, -0.2) is 33.9 Å². The Labute approximate surface area is 158 Å². The summed E-state index contributed by atoms with van der Waals surface area (Å²) in [5.41, 5.74) is 0.842. The van der Waals surface area contributed by atoms with Crippen LogP contribution in [0.1, 0.15) is 15.9 Å². The molecule has 1 aromatic heterocycles. The molecule has 0 unspecified atom stereocenters. The van der Waals surface area contributed by atoms with Gasteiger partial charge in [-0.15, -0.1) is 0 Å². The molecule has 0 radical (unpaired) electrons. The average molecular weight is 380 g/mol. The lowest BCUT2D eigenvalue weighted by Gasteiger charge is -2.12. The van der Waals surface area contributed by atoms with Crippen LogP contribution >= 0.6 is 0 Å². The number of aromatic hydroxyl groups is 1. The molecule has 142 valence electrons. The predicted molar refractivity (Wildman–Crippen MR) is 102 cm³/mol. The first kappa shape index (κ1) is 18.6. The molecule has 28 heavy (non-hydrogen) atoms. The Morgan fingerprint density at radius 3 is 2.54 bits per heavy atom. The highest BCUT2D eigenvalue weighted by Gasteiger charge is 2.17. The Kier molecular flexibility index (Phi) is 5.35. The van der Waals surface area contributed by atoms with E-state index in [1.807, 2.05) is 0 Å². The van der Waals surface area contributed by atoms with Gasteiger partial charge in [-0.25, -0.2) is 14.8 Å². The Bertz CT molecular complexity index is 1150. The maximum Gasteiger partial charge on any atom is 0.335 e. The van der Waals surface area contributed by atoms with Gasteiger partial charge in [0, 0.05) is 5.56 Å². The molecule has 0 aliphatic heterocycles. The van der Waals surface area contributed by atoms with Crippen molar-refractivity contribution in [1.82, 2.24) is 15.0 Å². The summed E-state index contributed by atoms with van der Waals surface area (Å²) in [5.74, 6) is -0.825. The summed E-state index contributed by atoms with van der Waals surface area (Å²) in [4.78, 5) is 38.4. The minimum atomic E-state index is -0.855. The number of hydrogen-bond acceptors (Lipinski definition) is 6. The van der Waals surface area contributed by atoms with Crippen LogP contribution in [0.15, 0.2) is 69.3 Å².